The van der Waals surface area contributed by atoms with E-state index in [4.69, 9.17) is 13.9 Å². The molecule has 1 amide bonds. The molecule has 0 radical (unpaired) electrons. The fourth-order valence-corrected chi connectivity index (χ4v) is 4.23. The normalized spacial score (nSPS) is 16.2. The van der Waals surface area contributed by atoms with Crippen LogP contribution in [-0.4, -0.2) is 36.7 Å². The van der Waals surface area contributed by atoms with E-state index in [1.165, 1.54) is 6.07 Å². The molecule has 29 heavy (non-hydrogen) atoms. The van der Waals surface area contributed by atoms with E-state index in [1.54, 1.807) is 28.4 Å². The number of hydrogen-bond acceptors (Lipinski definition) is 6. The van der Waals surface area contributed by atoms with Crippen molar-refractivity contribution in [3.63, 3.8) is 0 Å². The van der Waals surface area contributed by atoms with Gasteiger partial charge in [-0.1, -0.05) is 6.07 Å². The summed E-state index contributed by atoms with van der Waals surface area (Å²) in [4.78, 5) is 27.4. The summed E-state index contributed by atoms with van der Waals surface area (Å²) in [5, 5.41) is 2.85. The molecule has 1 fully saturated rings. The van der Waals surface area contributed by atoms with Gasteiger partial charge in [0.1, 0.15) is 11.3 Å². The van der Waals surface area contributed by atoms with Crippen molar-refractivity contribution >= 4 is 28.2 Å². The molecule has 0 saturated carbocycles. The van der Waals surface area contributed by atoms with Gasteiger partial charge in [0.2, 0.25) is 0 Å². The number of carbonyl (C=O) groups is 1. The topological polar surface area (TPSA) is 69.0 Å². The first kappa shape index (κ1) is 19.7. The summed E-state index contributed by atoms with van der Waals surface area (Å²) in [6.07, 6.45) is 2.08. The summed E-state index contributed by atoms with van der Waals surface area (Å²) in [7, 11) is 0. The first-order chi connectivity index (χ1) is 14.1. The van der Waals surface area contributed by atoms with Crippen molar-refractivity contribution in [2.45, 2.75) is 32.4 Å². The Balaban J connectivity index is 1.45. The van der Waals surface area contributed by atoms with E-state index >= 15 is 0 Å². The molecule has 1 aromatic carbocycles. The van der Waals surface area contributed by atoms with Crippen molar-refractivity contribution in [3.8, 4) is 5.75 Å². The Kier molecular flexibility index (Phi) is 5.97. The van der Waals surface area contributed by atoms with Crippen molar-refractivity contribution < 1.29 is 18.7 Å². The molecule has 1 saturated heterocycles. The zero-order valence-corrected chi connectivity index (χ0v) is 17.1. The van der Waals surface area contributed by atoms with Gasteiger partial charge in [-0.2, -0.15) is 0 Å². The number of hydrogen-bond donors (Lipinski definition) is 0. The average Bonchev–Trinajstić information content (AvgIpc) is 3.39. The highest BCUT2D eigenvalue weighted by Crippen LogP contribution is 2.23. The predicted molar refractivity (Wildman–Crippen MR) is 111 cm³/mol. The lowest BCUT2D eigenvalue weighted by Crippen LogP contribution is -2.39. The van der Waals surface area contributed by atoms with Gasteiger partial charge in [0.05, 0.1) is 12.6 Å². The van der Waals surface area contributed by atoms with Gasteiger partial charge < -0.3 is 18.8 Å². The summed E-state index contributed by atoms with van der Waals surface area (Å²) < 4.78 is 16.7. The number of thiophene rings is 1. The van der Waals surface area contributed by atoms with Gasteiger partial charge >= 0.3 is 5.63 Å². The molecule has 6 nitrogen and oxygen atoms in total. The van der Waals surface area contributed by atoms with Gasteiger partial charge in [0.25, 0.3) is 5.91 Å². The third-order valence-electron chi connectivity index (χ3n) is 5.01. The van der Waals surface area contributed by atoms with Crippen LogP contribution >= 0.6 is 11.3 Å². The Hall–Kier alpha value is -2.64. The third kappa shape index (κ3) is 4.86. The Morgan fingerprint density at radius 3 is 2.97 bits per heavy atom. The summed E-state index contributed by atoms with van der Waals surface area (Å²) in [6, 6.07) is 10.7. The van der Waals surface area contributed by atoms with Gasteiger partial charge in [-0.05, 0) is 48.9 Å². The number of nitrogens with zero attached hydrogens (tertiary/aromatic N) is 1. The zero-order valence-electron chi connectivity index (χ0n) is 16.3. The molecule has 0 bridgehead atoms. The molecule has 1 atom stereocenters. The maximum Gasteiger partial charge on any atom is 0.336 e. The van der Waals surface area contributed by atoms with Crippen molar-refractivity contribution in [2.75, 3.05) is 19.8 Å². The van der Waals surface area contributed by atoms with Crippen LogP contribution in [0.3, 0.4) is 0 Å². The number of amides is 1. The van der Waals surface area contributed by atoms with E-state index in [2.05, 4.69) is 0 Å². The van der Waals surface area contributed by atoms with E-state index in [0.717, 1.165) is 35.3 Å². The molecule has 7 heteroatoms. The Morgan fingerprint density at radius 2 is 2.21 bits per heavy atom. The molecule has 0 unspecified atom stereocenters. The monoisotopic (exact) mass is 413 g/mol. The second-order valence-corrected chi connectivity index (χ2v) is 8.22. The zero-order chi connectivity index (χ0) is 20.2. The molecule has 4 rings (SSSR count). The largest absolute Gasteiger partial charge is 0.484 e. The maximum absolute atomic E-state index is 12.9. The maximum atomic E-state index is 12.9. The molecule has 3 aromatic rings. The first-order valence-corrected chi connectivity index (χ1v) is 10.6. The van der Waals surface area contributed by atoms with E-state index in [9.17, 15) is 9.59 Å². The van der Waals surface area contributed by atoms with E-state index in [0.29, 0.717) is 24.4 Å². The summed E-state index contributed by atoms with van der Waals surface area (Å²) in [5.41, 5.74) is 0.897. The van der Waals surface area contributed by atoms with Crippen molar-refractivity contribution in [1.29, 1.82) is 0 Å². The molecule has 1 aliphatic rings. The molecule has 2 aromatic heterocycles. The van der Waals surface area contributed by atoms with Crippen molar-refractivity contribution in [1.82, 2.24) is 4.90 Å². The number of rotatable bonds is 7. The molecule has 152 valence electrons. The van der Waals surface area contributed by atoms with Crippen LogP contribution in [0.15, 0.2) is 51.0 Å². The predicted octanol–water partition coefficient (Wildman–Crippen LogP) is 3.75. The highest BCUT2D eigenvalue weighted by molar-refractivity contribution is 7.09. The smallest absolute Gasteiger partial charge is 0.336 e. The number of ether oxygens (including phenoxy) is 2. The number of benzene rings is 1. The highest BCUT2D eigenvalue weighted by atomic mass is 32.1. The second kappa shape index (κ2) is 8.80. The van der Waals surface area contributed by atoms with Crippen molar-refractivity contribution in [2.24, 2.45) is 0 Å². The summed E-state index contributed by atoms with van der Waals surface area (Å²) in [5.74, 6) is 0.396. The van der Waals surface area contributed by atoms with Crippen LogP contribution in [0.2, 0.25) is 0 Å². The van der Waals surface area contributed by atoms with Crippen LogP contribution in [0.1, 0.15) is 23.3 Å². The Labute approximate surface area is 172 Å². The van der Waals surface area contributed by atoms with Gasteiger partial charge in [0, 0.05) is 35.5 Å². The first-order valence-electron chi connectivity index (χ1n) is 9.67. The van der Waals surface area contributed by atoms with Gasteiger partial charge in [-0.3, -0.25) is 4.79 Å². The highest BCUT2D eigenvalue weighted by Gasteiger charge is 2.23. The molecule has 1 aliphatic heterocycles. The van der Waals surface area contributed by atoms with Crippen LogP contribution in [-0.2, 0) is 16.1 Å². The second-order valence-electron chi connectivity index (χ2n) is 7.18. The van der Waals surface area contributed by atoms with Crippen LogP contribution in [0.4, 0.5) is 0 Å². The summed E-state index contributed by atoms with van der Waals surface area (Å²) in [6.45, 7) is 3.64. The van der Waals surface area contributed by atoms with Gasteiger partial charge in [-0.15, -0.1) is 11.3 Å². The molecule has 0 N–H and O–H groups in total. The molecular formula is C22H23NO5S. The van der Waals surface area contributed by atoms with E-state index < -0.39 is 5.63 Å². The van der Waals surface area contributed by atoms with Crippen LogP contribution in [0.5, 0.6) is 5.75 Å². The SMILES string of the molecule is Cc1cc(=O)oc2cc(OCC(=O)N(Cc3cccs3)C[C@H]3CCCO3)ccc12. The Morgan fingerprint density at radius 1 is 1.31 bits per heavy atom. The minimum atomic E-state index is -0.401. The fourth-order valence-electron chi connectivity index (χ4n) is 3.51. The van der Waals surface area contributed by atoms with Gasteiger partial charge in [-0.25, -0.2) is 4.79 Å². The Bertz CT molecular complexity index is 1040. The van der Waals surface area contributed by atoms with Crippen LogP contribution < -0.4 is 10.4 Å². The van der Waals surface area contributed by atoms with Crippen molar-refractivity contribution in [3.05, 3.63) is 62.6 Å². The third-order valence-corrected chi connectivity index (χ3v) is 5.87. The summed E-state index contributed by atoms with van der Waals surface area (Å²) >= 11 is 1.63. The lowest BCUT2D eigenvalue weighted by atomic mass is 10.1. The molecular weight excluding hydrogens is 390 g/mol. The molecule has 0 aliphatic carbocycles. The fraction of sp³-hybridized carbons (Fsp3) is 0.364. The van der Waals surface area contributed by atoms with Crippen LogP contribution in [0, 0.1) is 6.92 Å². The molecule has 0 spiro atoms. The standard InChI is InChI=1S/C22H23NO5S/c1-15-10-22(25)28-20-11-16(6-7-19(15)20)27-14-21(24)23(12-17-4-2-8-26-17)13-18-5-3-9-29-18/h3,5-7,9-11,17H,2,4,8,12-14H2,1H3/t17-/m1/s1. The average molecular weight is 413 g/mol. The molecule has 3 heterocycles. The van der Waals surface area contributed by atoms with E-state index in [-0.39, 0.29) is 18.6 Å². The lowest BCUT2D eigenvalue weighted by Gasteiger charge is -2.25. The lowest BCUT2D eigenvalue weighted by molar-refractivity contribution is -0.135. The number of fused-ring (bicyclic) bond motifs is 1. The minimum absolute atomic E-state index is 0.0804. The van der Waals surface area contributed by atoms with Gasteiger partial charge in [0.15, 0.2) is 6.61 Å². The van der Waals surface area contributed by atoms with Crippen LogP contribution in [0.25, 0.3) is 11.0 Å². The minimum Gasteiger partial charge on any atom is -0.484 e. The van der Waals surface area contributed by atoms with E-state index in [1.807, 2.05) is 30.5 Å². The number of aryl methyl sites for hydroxylation is 1. The number of carbonyl (C=O) groups excluding carboxylic acids is 1. The quantitative estimate of drug-likeness (QED) is 0.552.